The second-order valence-corrected chi connectivity index (χ2v) is 8.78. The zero-order valence-corrected chi connectivity index (χ0v) is 18.7. The van der Waals surface area contributed by atoms with Gasteiger partial charge < -0.3 is 9.88 Å². The van der Waals surface area contributed by atoms with Gasteiger partial charge in [0, 0.05) is 34.2 Å². The van der Waals surface area contributed by atoms with Gasteiger partial charge in [0.1, 0.15) is 0 Å². The van der Waals surface area contributed by atoms with Gasteiger partial charge in [-0.3, -0.25) is 4.79 Å². The van der Waals surface area contributed by atoms with E-state index in [1.54, 1.807) is 11.8 Å². The maximum absolute atomic E-state index is 12.5. The number of benzene rings is 3. The third-order valence-corrected chi connectivity index (χ3v) is 6.41. The summed E-state index contributed by atoms with van der Waals surface area (Å²) in [5.74, 6) is 0.405. The highest BCUT2D eigenvalue weighted by atomic mass is 32.2. The number of rotatable bonds is 9. The molecule has 1 amide bonds. The molecule has 0 unspecified atom stereocenters. The summed E-state index contributed by atoms with van der Waals surface area (Å²) >= 11 is 1.59. The molecule has 0 bridgehead atoms. The van der Waals surface area contributed by atoms with Gasteiger partial charge >= 0.3 is 0 Å². The average molecular weight is 429 g/mol. The van der Waals surface area contributed by atoms with E-state index in [9.17, 15) is 4.79 Å². The van der Waals surface area contributed by atoms with Gasteiger partial charge in [0.2, 0.25) is 5.91 Å². The highest BCUT2D eigenvalue weighted by Crippen LogP contribution is 2.30. The molecule has 1 N–H and O–H groups in total. The van der Waals surface area contributed by atoms with E-state index >= 15 is 0 Å². The molecule has 4 heteroatoms. The van der Waals surface area contributed by atoms with E-state index < -0.39 is 0 Å². The SMILES string of the molecule is CCCCc1ccc(NC(=O)CSc2cn(Cc3ccccc3)c3ccccc23)cc1. The molecule has 1 heterocycles. The van der Waals surface area contributed by atoms with E-state index in [1.807, 2.05) is 18.2 Å². The smallest absolute Gasteiger partial charge is 0.234 e. The van der Waals surface area contributed by atoms with E-state index in [2.05, 4.69) is 83.7 Å². The van der Waals surface area contributed by atoms with Crippen LogP contribution in [0.5, 0.6) is 0 Å². The van der Waals surface area contributed by atoms with Gasteiger partial charge in [0.25, 0.3) is 0 Å². The van der Waals surface area contributed by atoms with Crippen LogP contribution in [0.15, 0.2) is 90.0 Å². The fourth-order valence-electron chi connectivity index (χ4n) is 3.72. The zero-order chi connectivity index (χ0) is 21.5. The number of nitrogens with zero attached hydrogens (tertiary/aromatic N) is 1. The second-order valence-electron chi connectivity index (χ2n) is 7.76. The molecule has 0 saturated carbocycles. The lowest BCUT2D eigenvalue weighted by atomic mass is 10.1. The lowest BCUT2D eigenvalue weighted by Crippen LogP contribution is -2.13. The van der Waals surface area contributed by atoms with Crippen molar-refractivity contribution in [2.24, 2.45) is 0 Å². The summed E-state index contributed by atoms with van der Waals surface area (Å²) in [6, 6.07) is 27.1. The predicted molar refractivity (Wildman–Crippen MR) is 132 cm³/mol. The molecular weight excluding hydrogens is 400 g/mol. The molecule has 158 valence electrons. The van der Waals surface area contributed by atoms with E-state index in [-0.39, 0.29) is 5.91 Å². The zero-order valence-electron chi connectivity index (χ0n) is 17.9. The second kappa shape index (κ2) is 10.4. The van der Waals surface area contributed by atoms with E-state index in [0.717, 1.165) is 23.5 Å². The first-order valence-electron chi connectivity index (χ1n) is 10.9. The lowest BCUT2D eigenvalue weighted by Gasteiger charge is -2.06. The molecule has 0 fully saturated rings. The number of carbonyl (C=O) groups is 1. The molecule has 31 heavy (non-hydrogen) atoms. The van der Waals surface area contributed by atoms with Crippen molar-refractivity contribution in [2.75, 3.05) is 11.1 Å². The van der Waals surface area contributed by atoms with Crippen LogP contribution in [0.2, 0.25) is 0 Å². The number of aromatic nitrogens is 1. The Balaban J connectivity index is 1.41. The molecule has 0 aliphatic rings. The number of anilines is 1. The number of aryl methyl sites for hydroxylation is 1. The lowest BCUT2D eigenvalue weighted by molar-refractivity contribution is -0.113. The molecule has 0 aliphatic carbocycles. The summed E-state index contributed by atoms with van der Waals surface area (Å²) in [4.78, 5) is 13.7. The van der Waals surface area contributed by atoms with Crippen LogP contribution in [0.3, 0.4) is 0 Å². The van der Waals surface area contributed by atoms with Gasteiger partial charge in [-0.05, 0) is 42.2 Å². The van der Waals surface area contributed by atoms with Crippen molar-refractivity contribution in [2.45, 2.75) is 37.6 Å². The van der Waals surface area contributed by atoms with Crippen LogP contribution in [0.1, 0.15) is 30.9 Å². The highest BCUT2D eigenvalue weighted by molar-refractivity contribution is 8.00. The Kier molecular flexibility index (Phi) is 7.11. The summed E-state index contributed by atoms with van der Waals surface area (Å²) in [5, 5.41) is 4.21. The first kappa shape index (κ1) is 21.3. The van der Waals surface area contributed by atoms with E-state index in [1.165, 1.54) is 34.9 Å². The number of amides is 1. The van der Waals surface area contributed by atoms with Crippen molar-refractivity contribution in [3.8, 4) is 0 Å². The van der Waals surface area contributed by atoms with Crippen molar-refractivity contribution in [3.63, 3.8) is 0 Å². The fourth-order valence-corrected chi connectivity index (χ4v) is 4.60. The summed E-state index contributed by atoms with van der Waals surface area (Å²) < 4.78 is 2.26. The Labute approximate surface area is 188 Å². The molecule has 0 radical (unpaired) electrons. The number of hydrogen-bond acceptors (Lipinski definition) is 2. The normalized spacial score (nSPS) is 11.0. The standard InChI is InChI=1S/C27H28N2OS/c1-2-3-9-21-14-16-23(17-15-21)28-27(30)20-31-26-19-29(18-22-10-5-4-6-11-22)25-13-8-7-12-24(25)26/h4-8,10-17,19H,2-3,9,18,20H2,1H3,(H,28,30). The number of carbonyl (C=O) groups excluding carboxylic acids is 1. The van der Waals surface area contributed by atoms with Crippen LogP contribution in [-0.2, 0) is 17.8 Å². The van der Waals surface area contributed by atoms with Crippen molar-refractivity contribution >= 4 is 34.3 Å². The molecule has 4 rings (SSSR count). The maximum atomic E-state index is 12.5. The Morgan fingerprint density at radius 1 is 0.903 bits per heavy atom. The van der Waals surface area contributed by atoms with Gasteiger partial charge in [-0.15, -0.1) is 11.8 Å². The van der Waals surface area contributed by atoms with Crippen LogP contribution in [0.25, 0.3) is 10.9 Å². The number of fused-ring (bicyclic) bond motifs is 1. The van der Waals surface area contributed by atoms with Crippen LogP contribution >= 0.6 is 11.8 Å². The third-order valence-electron chi connectivity index (χ3n) is 5.36. The molecule has 0 spiro atoms. The number of para-hydroxylation sites is 1. The summed E-state index contributed by atoms with van der Waals surface area (Å²) in [7, 11) is 0. The first-order valence-corrected chi connectivity index (χ1v) is 11.8. The van der Waals surface area contributed by atoms with Crippen molar-refractivity contribution in [3.05, 3.63) is 96.2 Å². The summed E-state index contributed by atoms with van der Waals surface area (Å²) in [6.07, 6.45) is 5.64. The first-order chi connectivity index (χ1) is 15.2. The molecule has 1 aromatic heterocycles. The largest absolute Gasteiger partial charge is 0.342 e. The summed E-state index contributed by atoms with van der Waals surface area (Å²) in [6.45, 7) is 3.02. The Bertz CT molecular complexity index is 1130. The number of nitrogens with one attached hydrogen (secondary N) is 1. The van der Waals surface area contributed by atoms with Crippen molar-refractivity contribution < 1.29 is 4.79 Å². The quantitative estimate of drug-likeness (QED) is 0.299. The molecular formula is C27H28N2OS. The van der Waals surface area contributed by atoms with Gasteiger partial charge in [0.15, 0.2) is 0 Å². The predicted octanol–water partition coefficient (Wildman–Crippen LogP) is 6.76. The molecule has 3 aromatic carbocycles. The number of hydrogen-bond donors (Lipinski definition) is 1. The average Bonchev–Trinajstić information content (AvgIpc) is 3.15. The van der Waals surface area contributed by atoms with Gasteiger partial charge in [-0.1, -0.05) is 74.0 Å². The highest BCUT2D eigenvalue weighted by Gasteiger charge is 2.11. The monoisotopic (exact) mass is 428 g/mol. The van der Waals surface area contributed by atoms with Crippen molar-refractivity contribution in [1.29, 1.82) is 0 Å². The molecule has 0 saturated heterocycles. The minimum atomic E-state index is 0.0196. The maximum Gasteiger partial charge on any atom is 0.234 e. The topological polar surface area (TPSA) is 34.0 Å². The van der Waals surface area contributed by atoms with Crippen LogP contribution in [-0.4, -0.2) is 16.2 Å². The minimum Gasteiger partial charge on any atom is -0.342 e. The Hall–Kier alpha value is -2.98. The minimum absolute atomic E-state index is 0.0196. The molecule has 3 nitrogen and oxygen atoms in total. The van der Waals surface area contributed by atoms with Crippen LogP contribution < -0.4 is 5.32 Å². The third kappa shape index (κ3) is 5.59. The molecule has 0 aliphatic heterocycles. The number of thioether (sulfide) groups is 1. The van der Waals surface area contributed by atoms with Crippen LogP contribution in [0, 0.1) is 0 Å². The Morgan fingerprint density at radius 2 is 1.65 bits per heavy atom. The van der Waals surface area contributed by atoms with Gasteiger partial charge in [0.05, 0.1) is 5.75 Å². The summed E-state index contributed by atoms with van der Waals surface area (Å²) in [5.41, 5.74) is 4.63. The molecule has 4 aromatic rings. The van der Waals surface area contributed by atoms with Crippen molar-refractivity contribution in [1.82, 2.24) is 4.57 Å². The van der Waals surface area contributed by atoms with E-state index in [0.29, 0.717) is 5.75 Å². The van der Waals surface area contributed by atoms with E-state index in [4.69, 9.17) is 0 Å². The van der Waals surface area contributed by atoms with Crippen LogP contribution in [0.4, 0.5) is 5.69 Å². The van der Waals surface area contributed by atoms with Gasteiger partial charge in [-0.2, -0.15) is 0 Å². The molecule has 0 atom stereocenters. The number of unbranched alkanes of at least 4 members (excludes halogenated alkanes) is 1. The Morgan fingerprint density at radius 3 is 2.42 bits per heavy atom. The fraction of sp³-hybridized carbons (Fsp3) is 0.222. The van der Waals surface area contributed by atoms with Gasteiger partial charge in [-0.25, -0.2) is 0 Å².